The number of fused-ring (bicyclic) bond motifs is 1. The van der Waals surface area contributed by atoms with Crippen LogP contribution in [-0.2, 0) is 22.6 Å². The molecule has 1 aliphatic heterocycles. The van der Waals surface area contributed by atoms with Gasteiger partial charge in [-0.05, 0) is 49.9 Å². The molecule has 0 bridgehead atoms. The SMILES string of the molecule is Cc1ccc(NC(=O)c2c(C)c(C(=O)C(=O)NC3(C(N)=O)CC(F)(F)C3)c3n2CCC3)cc1F. The Hall–Kier alpha value is -3.63. The number of alkyl halides is 2. The van der Waals surface area contributed by atoms with Crippen molar-refractivity contribution in [3.63, 3.8) is 0 Å². The minimum Gasteiger partial charge on any atom is -0.368 e. The minimum absolute atomic E-state index is 0.0130. The summed E-state index contributed by atoms with van der Waals surface area (Å²) in [6, 6.07) is 4.22. The van der Waals surface area contributed by atoms with E-state index in [0.29, 0.717) is 30.6 Å². The molecule has 34 heavy (non-hydrogen) atoms. The number of hydrogen-bond donors (Lipinski definition) is 3. The van der Waals surface area contributed by atoms with Gasteiger partial charge in [-0.3, -0.25) is 19.2 Å². The molecule has 0 atom stereocenters. The standard InChI is InChI=1S/C23H23F3N4O4/c1-11-5-6-13(8-14(11)24)28-19(32)17-12(2)16(15-4-3-7-30(15)17)18(31)20(33)29-22(21(27)34)9-23(25,26)10-22/h5-6,8H,3-4,7,9-10H2,1-2H3,(H2,27,34)(H,28,32)(H,29,33). The first-order valence-corrected chi connectivity index (χ1v) is 10.7. The predicted molar refractivity (Wildman–Crippen MR) is 115 cm³/mol. The summed E-state index contributed by atoms with van der Waals surface area (Å²) in [5.74, 6) is -7.68. The molecule has 1 aromatic carbocycles. The largest absolute Gasteiger partial charge is 0.368 e. The molecule has 0 radical (unpaired) electrons. The van der Waals surface area contributed by atoms with Crippen LogP contribution in [0.2, 0.25) is 0 Å². The van der Waals surface area contributed by atoms with Crippen molar-refractivity contribution < 1.29 is 32.3 Å². The molecule has 0 unspecified atom stereocenters. The number of amides is 3. The smallest absolute Gasteiger partial charge is 0.293 e. The Balaban J connectivity index is 1.62. The van der Waals surface area contributed by atoms with Crippen molar-refractivity contribution in [3.8, 4) is 0 Å². The van der Waals surface area contributed by atoms with Gasteiger partial charge in [0, 0.05) is 30.8 Å². The molecule has 2 aliphatic rings. The van der Waals surface area contributed by atoms with Crippen molar-refractivity contribution in [3.05, 3.63) is 52.1 Å². The maximum Gasteiger partial charge on any atom is 0.293 e. The van der Waals surface area contributed by atoms with Gasteiger partial charge < -0.3 is 20.9 Å². The summed E-state index contributed by atoms with van der Waals surface area (Å²) in [5.41, 5.74) is 4.68. The van der Waals surface area contributed by atoms with Crippen LogP contribution in [0.4, 0.5) is 18.9 Å². The van der Waals surface area contributed by atoms with Crippen molar-refractivity contribution in [2.75, 3.05) is 5.32 Å². The topological polar surface area (TPSA) is 123 Å². The second-order valence-electron chi connectivity index (χ2n) is 8.91. The average Bonchev–Trinajstić information content (AvgIpc) is 3.27. The van der Waals surface area contributed by atoms with E-state index in [1.165, 1.54) is 25.1 Å². The zero-order valence-electron chi connectivity index (χ0n) is 18.6. The summed E-state index contributed by atoms with van der Waals surface area (Å²) in [6.07, 6.45) is -0.932. The van der Waals surface area contributed by atoms with Gasteiger partial charge in [0.1, 0.15) is 17.1 Å². The molecular formula is C23H23F3N4O4. The van der Waals surface area contributed by atoms with Gasteiger partial charge in [0.05, 0.1) is 5.56 Å². The molecule has 0 saturated heterocycles. The van der Waals surface area contributed by atoms with Crippen LogP contribution in [-0.4, -0.2) is 39.5 Å². The van der Waals surface area contributed by atoms with E-state index in [1.807, 2.05) is 0 Å². The Morgan fingerprint density at radius 2 is 1.79 bits per heavy atom. The van der Waals surface area contributed by atoms with Crippen LogP contribution in [0.15, 0.2) is 18.2 Å². The number of nitrogens with zero attached hydrogens (tertiary/aromatic N) is 1. The molecule has 2 heterocycles. The summed E-state index contributed by atoms with van der Waals surface area (Å²) in [7, 11) is 0. The zero-order chi connectivity index (χ0) is 25.0. The van der Waals surface area contributed by atoms with Gasteiger partial charge in [0.25, 0.3) is 23.5 Å². The van der Waals surface area contributed by atoms with Gasteiger partial charge in [-0.1, -0.05) is 6.07 Å². The van der Waals surface area contributed by atoms with Crippen LogP contribution >= 0.6 is 0 Å². The monoisotopic (exact) mass is 476 g/mol. The molecule has 0 spiro atoms. The zero-order valence-corrected chi connectivity index (χ0v) is 18.6. The molecule has 4 rings (SSSR count). The molecule has 3 amide bonds. The Morgan fingerprint density at radius 1 is 1.12 bits per heavy atom. The molecule has 2 aromatic rings. The van der Waals surface area contributed by atoms with E-state index in [9.17, 15) is 32.3 Å². The summed E-state index contributed by atoms with van der Waals surface area (Å²) in [5, 5.41) is 4.70. The van der Waals surface area contributed by atoms with E-state index in [-0.39, 0.29) is 22.5 Å². The number of Topliss-reactive ketones (excluding diaryl/α,β-unsaturated/α-hetero) is 1. The first kappa shape index (κ1) is 23.5. The molecule has 1 fully saturated rings. The van der Waals surface area contributed by atoms with Gasteiger partial charge in [0.2, 0.25) is 5.91 Å². The maximum atomic E-state index is 13.9. The normalized spacial score (nSPS) is 17.4. The van der Waals surface area contributed by atoms with E-state index >= 15 is 0 Å². The Morgan fingerprint density at radius 3 is 2.38 bits per heavy atom. The van der Waals surface area contributed by atoms with Gasteiger partial charge >= 0.3 is 0 Å². The summed E-state index contributed by atoms with van der Waals surface area (Å²) in [6.45, 7) is 3.51. The fourth-order valence-electron chi connectivity index (χ4n) is 4.72. The van der Waals surface area contributed by atoms with Crippen LogP contribution in [0, 0.1) is 19.7 Å². The number of nitrogens with two attached hydrogens (primary N) is 1. The highest BCUT2D eigenvalue weighted by Gasteiger charge is 2.61. The Kier molecular flexibility index (Phi) is 5.53. The first-order valence-electron chi connectivity index (χ1n) is 10.7. The van der Waals surface area contributed by atoms with E-state index < -0.39 is 53.6 Å². The van der Waals surface area contributed by atoms with Gasteiger partial charge in [-0.15, -0.1) is 0 Å². The summed E-state index contributed by atoms with van der Waals surface area (Å²) in [4.78, 5) is 50.5. The summed E-state index contributed by atoms with van der Waals surface area (Å²) < 4.78 is 42.3. The number of rotatable bonds is 6. The molecule has 11 heteroatoms. The lowest BCUT2D eigenvalue weighted by Gasteiger charge is -2.44. The lowest BCUT2D eigenvalue weighted by molar-refractivity contribution is -0.162. The van der Waals surface area contributed by atoms with Gasteiger partial charge in [-0.25, -0.2) is 13.2 Å². The number of ketones is 1. The van der Waals surface area contributed by atoms with Crippen LogP contribution in [0.25, 0.3) is 0 Å². The number of aryl methyl sites for hydroxylation is 1. The van der Waals surface area contributed by atoms with Crippen molar-refractivity contribution >= 4 is 29.2 Å². The molecule has 1 saturated carbocycles. The van der Waals surface area contributed by atoms with Crippen molar-refractivity contribution in [1.29, 1.82) is 0 Å². The number of nitrogens with one attached hydrogen (secondary N) is 2. The lowest BCUT2D eigenvalue weighted by Crippen LogP contribution is -2.69. The van der Waals surface area contributed by atoms with Gasteiger partial charge in [-0.2, -0.15) is 0 Å². The lowest BCUT2D eigenvalue weighted by atomic mass is 9.72. The highest BCUT2D eigenvalue weighted by molar-refractivity contribution is 6.44. The average molecular weight is 476 g/mol. The van der Waals surface area contributed by atoms with Crippen LogP contribution in [0.1, 0.15) is 56.9 Å². The quantitative estimate of drug-likeness (QED) is 0.438. The van der Waals surface area contributed by atoms with Crippen LogP contribution in [0.5, 0.6) is 0 Å². The Bertz CT molecular complexity index is 1240. The number of carbonyl (C=O) groups excluding carboxylic acids is 4. The third kappa shape index (κ3) is 3.84. The number of anilines is 1. The molecule has 1 aromatic heterocycles. The second-order valence-corrected chi connectivity index (χ2v) is 8.91. The van der Waals surface area contributed by atoms with E-state index in [1.54, 1.807) is 11.5 Å². The number of hydrogen-bond acceptors (Lipinski definition) is 4. The third-order valence-corrected chi connectivity index (χ3v) is 6.43. The Labute approximate surface area is 192 Å². The fraction of sp³-hybridized carbons (Fsp3) is 0.391. The minimum atomic E-state index is -3.17. The number of aromatic nitrogens is 1. The van der Waals surface area contributed by atoms with Crippen molar-refractivity contribution in [2.24, 2.45) is 5.73 Å². The third-order valence-electron chi connectivity index (χ3n) is 6.43. The molecule has 4 N–H and O–H groups in total. The number of carbonyl (C=O) groups is 4. The predicted octanol–water partition coefficient (Wildman–Crippen LogP) is 2.39. The number of halogens is 3. The molecular weight excluding hydrogens is 453 g/mol. The fourth-order valence-corrected chi connectivity index (χ4v) is 4.72. The first-order chi connectivity index (χ1) is 15.8. The van der Waals surface area contributed by atoms with Crippen LogP contribution in [0.3, 0.4) is 0 Å². The van der Waals surface area contributed by atoms with E-state index in [2.05, 4.69) is 10.6 Å². The number of primary amides is 1. The number of benzene rings is 1. The maximum absolute atomic E-state index is 13.9. The highest BCUT2D eigenvalue weighted by Crippen LogP contribution is 2.45. The van der Waals surface area contributed by atoms with Crippen LogP contribution < -0.4 is 16.4 Å². The molecule has 180 valence electrons. The van der Waals surface area contributed by atoms with Gasteiger partial charge in [0.15, 0.2) is 0 Å². The second kappa shape index (κ2) is 8.00. The van der Waals surface area contributed by atoms with E-state index in [0.717, 1.165) is 0 Å². The highest BCUT2D eigenvalue weighted by atomic mass is 19.3. The van der Waals surface area contributed by atoms with E-state index in [4.69, 9.17) is 5.73 Å². The molecule has 8 nitrogen and oxygen atoms in total. The van der Waals surface area contributed by atoms with Crippen molar-refractivity contribution in [1.82, 2.24) is 9.88 Å². The van der Waals surface area contributed by atoms with Crippen molar-refractivity contribution in [2.45, 2.75) is 57.5 Å². The molecule has 1 aliphatic carbocycles. The summed E-state index contributed by atoms with van der Waals surface area (Å²) >= 11 is 0.